The summed E-state index contributed by atoms with van der Waals surface area (Å²) in [6, 6.07) is 16.8. The Morgan fingerprint density at radius 1 is 1.08 bits per heavy atom. The van der Waals surface area contributed by atoms with E-state index in [9.17, 15) is 9.90 Å². The number of nitrogens with zero attached hydrogens (tertiary/aromatic N) is 2. The van der Waals surface area contributed by atoms with E-state index in [4.69, 9.17) is 32.4 Å². The summed E-state index contributed by atoms with van der Waals surface area (Å²) in [7, 11) is 0. The fourth-order valence-corrected chi connectivity index (χ4v) is 5.31. The number of aromatic nitrogens is 2. The van der Waals surface area contributed by atoms with Gasteiger partial charge in [-0.05, 0) is 78.4 Å². The van der Waals surface area contributed by atoms with Crippen LogP contribution in [0, 0.1) is 13.8 Å². The van der Waals surface area contributed by atoms with Crippen molar-refractivity contribution in [2.24, 2.45) is 0 Å². The van der Waals surface area contributed by atoms with E-state index in [2.05, 4.69) is 18.9 Å². The lowest BCUT2D eigenvalue weighted by atomic mass is 9.99. The maximum absolute atomic E-state index is 11.6. The van der Waals surface area contributed by atoms with Crippen LogP contribution in [0.4, 0.5) is 0 Å². The summed E-state index contributed by atoms with van der Waals surface area (Å²) < 4.78 is 13.7. The molecule has 38 heavy (non-hydrogen) atoms. The summed E-state index contributed by atoms with van der Waals surface area (Å²) >= 11 is 13.0. The number of benzene rings is 3. The molecule has 2 heterocycles. The highest BCUT2D eigenvalue weighted by atomic mass is 35.5. The Morgan fingerprint density at radius 3 is 2.47 bits per heavy atom. The second kappa shape index (κ2) is 10.2. The molecule has 0 aliphatic heterocycles. The van der Waals surface area contributed by atoms with E-state index >= 15 is 0 Å². The number of carboxylic acids is 1. The van der Waals surface area contributed by atoms with Crippen molar-refractivity contribution in [3.63, 3.8) is 0 Å². The Labute approximate surface area is 230 Å². The minimum absolute atomic E-state index is 0.199. The Morgan fingerprint density at radius 2 is 1.82 bits per heavy atom. The summed E-state index contributed by atoms with van der Waals surface area (Å²) in [5.41, 5.74) is 6.25. The Bertz CT molecular complexity index is 1660. The standard InChI is InChI=1S/C30H26Cl2N2O4/c1-16(2)23-14-33-34(29-24(31)6-5-7-25(29)32)26(23)15-37-20-9-11-21(17(3)12-20)19-8-10-22-27(13-19)38-18(4)28(22)30(35)36/h5-14,16H,15H2,1-4H3,(H,35,36). The van der Waals surface area contributed by atoms with Gasteiger partial charge >= 0.3 is 5.97 Å². The number of rotatable bonds is 7. The van der Waals surface area contributed by atoms with Gasteiger partial charge < -0.3 is 14.3 Å². The van der Waals surface area contributed by atoms with Crippen molar-refractivity contribution in [2.75, 3.05) is 0 Å². The number of para-hydroxylation sites is 1. The number of halogens is 2. The second-order valence-electron chi connectivity index (χ2n) is 9.50. The average molecular weight is 549 g/mol. The molecule has 1 N–H and O–H groups in total. The van der Waals surface area contributed by atoms with Crippen molar-refractivity contribution in [1.82, 2.24) is 9.78 Å². The molecule has 194 valence electrons. The monoisotopic (exact) mass is 548 g/mol. The first-order valence-electron chi connectivity index (χ1n) is 12.2. The number of ether oxygens (including phenoxy) is 1. The average Bonchev–Trinajstić information content (AvgIpc) is 3.42. The lowest BCUT2D eigenvalue weighted by Crippen LogP contribution is -2.09. The zero-order chi connectivity index (χ0) is 27.1. The van der Waals surface area contributed by atoms with Crippen LogP contribution in [0.2, 0.25) is 10.0 Å². The lowest BCUT2D eigenvalue weighted by molar-refractivity contribution is 0.0697. The van der Waals surface area contributed by atoms with E-state index in [1.165, 1.54) is 0 Å². The van der Waals surface area contributed by atoms with Gasteiger partial charge in [0.05, 0.1) is 21.9 Å². The fourth-order valence-electron chi connectivity index (χ4n) is 4.75. The fraction of sp³-hybridized carbons (Fsp3) is 0.200. The molecule has 0 bridgehead atoms. The van der Waals surface area contributed by atoms with Crippen molar-refractivity contribution in [3.05, 3.63) is 99.0 Å². The van der Waals surface area contributed by atoms with Crippen LogP contribution in [0.25, 0.3) is 27.8 Å². The van der Waals surface area contributed by atoms with Crippen LogP contribution in [0.5, 0.6) is 5.75 Å². The first-order chi connectivity index (χ1) is 18.2. The highest BCUT2D eigenvalue weighted by Gasteiger charge is 2.20. The molecule has 3 aromatic carbocycles. The van der Waals surface area contributed by atoms with Gasteiger partial charge in [0.2, 0.25) is 0 Å². The summed E-state index contributed by atoms with van der Waals surface area (Å²) in [4.78, 5) is 11.6. The number of hydrogen-bond acceptors (Lipinski definition) is 4. The van der Waals surface area contributed by atoms with Gasteiger partial charge in [0.25, 0.3) is 0 Å². The second-order valence-corrected chi connectivity index (χ2v) is 10.3. The van der Waals surface area contributed by atoms with Crippen LogP contribution < -0.4 is 4.74 Å². The predicted octanol–water partition coefficient (Wildman–Crippen LogP) is 8.61. The van der Waals surface area contributed by atoms with E-state index in [0.717, 1.165) is 27.9 Å². The molecule has 0 spiro atoms. The third-order valence-corrected chi connectivity index (χ3v) is 7.25. The summed E-state index contributed by atoms with van der Waals surface area (Å²) in [6.45, 7) is 8.17. The zero-order valence-corrected chi connectivity index (χ0v) is 22.9. The van der Waals surface area contributed by atoms with Crippen molar-refractivity contribution in [2.45, 2.75) is 40.2 Å². The number of carboxylic acid groups (broad SMARTS) is 1. The van der Waals surface area contributed by atoms with E-state index in [0.29, 0.717) is 38.2 Å². The minimum atomic E-state index is -0.995. The third kappa shape index (κ3) is 4.66. The topological polar surface area (TPSA) is 77.5 Å². The van der Waals surface area contributed by atoms with Crippen LogP contribution in [-0.4, -0.2) is 20.9 Å². The molecule has 0 radical (unpaired) electrons. The van der Waals surface area contributed by atoms with E-state index < -0.39 is 5.97 Å². The molecular formula is C30H26Cl2N2O4. The molecule has 0 amide bonds. The number of furan rings is 1. The molecule has 0 saturated heterocycles. The zero-order valence-electron chi connectivity index (χ0n) is 21.4. The van der Waals surface area contributed by atoms with Gasteiger partial charge in [0.1, 0.15) is 35.0 Å². The number of fused-ring (bicyclic) bond motifs is 1. The van der Waals surface area contributed by atoms with E-state index in [1.807, 2.05) is 43.5 Å². The smallest absolute Gasteiger partial charge is 0.339 e. The maximum Gasteiger partial charge on any atom is 0.339 e. The van der Waals surface area contributed by atoms with Crippen LogP contribution in [0.3, 0.4) is 0 Å². The van der Waals surface area contributed by atoms with Crippen molar-refractivity contribution in [3.8, 4) is 22.6 Å². The van der Waals surface area contributed by atoms with Crippen LogP contribution in [-0.2, 0) is 6.61 Å². The minimum Gasteiger partial charge on any atom is -0.487 e. The highest BCUT2D eigenvalue weighted by Crippen LogP contribution is 2.34. The number of carbonyl (C=O) groups is 1. The molecule has 5 rings (SSSR count). The largest absolute Gasteiger partial charge is 0.487 e. The van der Waals surface area contributed by atoms with Gasteiger partial charge in [-0.2, -0.15) is 5.10 Å². The van der Waals surface area contributed by atoms with E-state index in [1.54, 1.807) is 35.9 Å². The summed E-state index contributed by atoms with van der Waals surface area (Å²) in [6.07, 6.45) is 1.83. The van der Waals surface area contributed by atoms with E-state index in [-0.39, 0.29) is 18.1 Å². The molecule has 0 aliphatic rings. The van der Waals surface area contributed by atoms with Gasteiger partial charge in [-0.3, -0.25) is 0 Å². The van der Waals surface area contributed by atoms with Crippen molar-refractivity contribution >= 4 is 40.1 Å². The van der Waals surface area contributed by atoms with Crippen LogP contribution >= 0.6 is 23.2 Å². The van der Waals surface area contributed by atoms with Crippen LogP contribution in [0.15, 0.2) is 65.2 Å². The Balaban J connectivity index is 1.44. The van der Waals surface area contributed by atoms with Gasteiger partial charge in [0, 0.05) is 5.39 Å². The molecule has 0 aliphatic carbocycles. The molecule has 6 nitrogen and oxygen atoms in total. The maximum atomic E-state index is 11.6. The Hall–Kier alpha value is -3.74. The van der Waals surface area contributed by atoms with Gasteiger partial charge in [0.15, 0.2) is 0 Å². The summed E-state index contributed by atoms with van der Waals surface area (Å²) in [5, 5.41) is 15.7. The molecular weight excluding hydrogens is 523 g/mol. The van der Waals surface area contributed by atoms with Crippen molar-refractivity contribution < 1.29 is 19.1 Å². The first kappa shape index (κ1) is 25.9. The third-order valence-electron chi connectivity index (χ3n) is 6.64. The van der Waals surface area contributed by atoms with Gasteiger partial charge in [-0.15, -0.1) is 0 Å². The number of hydrogen-bond donors (Lipinski definition) is 1. The molecule has 0 fully saturated rings. The molecule has 0 atom stereocenters. The quantitative estimate of drug-likeness (QED) is 0.220. The predicted molar refractivity (Wildman–Crippen MR) is 150 cm³/mol. The summed E-state index contributed by atoms with van der Waals surface area (Å²) in [5.74, 6) is 0.338. The molecule has 2 aromatic heterocycles. The number of aryl methyl sites for hydroxylation is 2. The normalized spacial score (nSPS) is 11.4. The molecule has 0 saturated carbocycles. The van der Waals surface area contributed by atoms with Gasteiger partial charge in [-0.25, -0.2) is 9.48 Å². The molecule has 5 aromatic rings. The highest BCUT2D eigenvalue weighted by molar-refractivity contribution is 6.37. The van der Waals surface area contributed by atoms with Crippen LogP contribution in [0.1, 0.15) is 52.7 Å². The molecule has 8 heteroatoms. The first-order valence-corrected chi connectivity index (χ1v) is 12.9. The Kier molecular flexibility index (Phi) is 6.95. The SMILES string of the molecule is Cc1cc(OCc2c(C(C)C)cnn2-c2c(Cl)cccc2Cl)ccc1-c1ccc2c(C(=O)O)c(C)oc2c1. The lowest BCUT2D eigenvalue weighted by Gasteiger charge is -2.15. The van der Waals surface area contributed by atoms with Crippen molar-refractivity contribution in [1.29, 1.82) is 0 Å². The number of aromatic carboxylic acids is 1. The molecule has 0 unspecified atom stereocenters. The van der Waals surface area contributed by atoms with Gasteiger partial charge in [-0.1, -0.05) is 55.2 Å².